The maximum Gasteiger partial charge on any atom is 0.273 e. The molecule has 0 unspecified atom stereocenters. The van der Waals surface area contributed by atoms with Gasteiger partial charge in [0.25, 0.3) is 5.69 Å². The van der Waals surface area contributed by atoms with E-state index in [1.165, 1.54) is 47.9 Å². The summed E-state index contributed by atoms with van der Waals surface area (Å²) < 4.78 is 0. The minimum absolute atomic E-state index is 0.248. The van der Waals surface area contributed by atoms with Crippen LogP contribution in [0.4, 0.5) is 5.69 Å². The highest BCUT2D eigenvalue weighted by Gasteiger charge is 2.26. The van der Waals surface area contributed by atoms with Crippen LogP contribution < -0.4 is 0 Å². The third-order valence-electron chi connectivity index (χ3n) is 4.91. The Bertz CT molecular complexity index is 749. The van der Waals surface area contributed by atoms with Gasteiger partial charge in [-0.3, -0.25) is 10.1 Å². The van der Waals surface area contributed by atoms with Crippen LogP contribution in [0.15, 0.2) is 30.3 Å². The molecule has 0 bridgehead atoms. The van der Waals surface area contributed by atoms with Crippen LogP contribution in [0.3, 0.4) is 0 Å². The number of fused-ring (bicyclic) bond motifs is 5. The first-order valence-corrected chi connectivity index (χ1v) is 7.66. The van der Waals surface area contributed by atoms with Crippen molar-refractivity contribution in [2.45, 2.75) is 38.5 Å². The zero-order valence-electron chi connectivity index (χ0n) is 11.9. The molecule has 0 saturated heterocycles. The van der Waals surface area contributed by atoms with Gasteiger partial charge in [-0.2, -0.15) is 0 Å². The Morgan fingerprint density at radius 2 is 1.57 bits per heavy atom. The normalized spacial score (nSPS) is 15.8. The molecule has 106 valence electrons. The molecule has 0 amide bonds. The molecule has 3 heteroatoms. The lowest BCUT2D eigenvalue weighted by atomic mass is 9.78. The van der Waals surface area contributed by atoms with E-state index in [-0.39, 0.29) is 10.6 Å². The molecule has 0 saturated carbocycles. The molecule has 2 aliphatic rings. The van der Waals surface area contributed by atoms with Crippen molar-refractivity contribution >= 4 is 5.69 Å². The summed E-state index contributed by atoms with van der Waals surface area (Å²) >= 11 is 0. The first-order valence-electron chi connectivity index (χ1n) is 7.66. The first-order chi connectivity index (χ1) is 10.3. The standard InChI is InChI=1S/C18H17NO2/c20-19(21)18-7-3-6-14-16-9-8-12-4-1-2-5-13(12)15(16)10-11-17(14)18/h3,6-9H,1-2,4-5,10-11H2. The summed E-state index contributed by atoms with van der Waals surface area (Å²) in [4.78, 5) is 11.0. The van der Waals surface area contributed by atoms with Gasteiger partial charge in [-0.05, 0) is 66.3 Å². The smallest absolute Gasteiger partial charge is 0.258 e. The molecule has 0 heterocycles. The maximum atomic E-state index is 11.2. The predicted molar refractivity (Wildman–Crippen MR) is 82.6 cm³/mol. The van der Waals surface area contributed by atoms with Crippen LogP contribution >= 0.6 is 0 Å². The van der Waals surface area contributed by atoms with Crippen molar-refractivity contribution in [2.24, 2.45) is 0 Å². The van der Waals surface area contributed by atoms with Crippen molar-refractivity contribution in [3.63, 3.8) is 0 Å². The van der Waals surface area contributed by atoms with Gasteiger partial charge in [0.2, 0.25) is 0 Å². The lowest BCUT2D eigenvalue weighted by molar-refractivity contribution is -0.385. The summed E-state index contributed by atoms with van der Waals surface area (Å²) in [5.41, 5.74) is 7.94. The number of aryl methyl sites for hydroxylation is 1. The summed E-state index contributed by atoms with van der Waals surface area (Å²) in [5, 5.41) is 11.2. The van der Waals surface area contributed by atoms with E-state index in [1.807, 2.05) is 12.1 Å². The minimum atomic E-state index is -0.248. The summed E-state index contributed by atoms with van der Waals surface area (Å²) in [7, 11) is 0. The Morgan fingerprint density at radius 1 is 0.810 bits per heavy atom. The summed E-state index contributed by atoms with van der Waals surface area (Å²) in [6.07, 6.45) is 6.64. The second kappa shape index (κ2) is 4.69. The molecular weight excluding hydrogens is 262 g/mol. The molecule has 0 spiro atoms. The fraction of sp³-hybridized carbons (Fsp3) is 0.333. The summed E-state index contributed by atoms with van der Waals surface area (Å²) in [6, 6.07) is 9.89. The molecule has 2 aromatic carbocycles. The monoisotopic (exact) mass is 279 g/mol. The van der Waals surface area contributed by atoms with Crippen molar-refractivity contribution in [1.29, 1.82) is 0 Å². The van der Waals surface area contributed by atoms with Crippen LogP contribution in [0.5, 0.6) is 0 Å². The Morgan fingerprint density at radius 3 is 2.43 bits per heavy atom. The van der Waals surface area contributed by atoms with Crippen LogP contribution in [-0.4, -0.2) is 4.92 Å². The number of nitro benzene ring substituents is 1. The van der Waals surface area contributed by atoms with Crippen LogP contribution in [0, 0.1) is 10.1 Å². The van der Waals surface area contributed by atoms with Crippen LogP contribution in [-0.2, 0) is 25.7 Å². The molecule has 0 atom stereocenters. The largest absolute Gasteiger partial charge is 0.273 e. The lowest BCUT2D eigenvalue weighted by Gasteiger charge is -2.26. The van der Waals surface area contributed by atoms with E-state index < -0.39 is 0 Å². The molecule has 0 aliphatic heterocycles. The van der Waals surface area contributed by atoms with Crippen molar-refractivity contribution in [3.05, 3.63) is 62.7 Å². The Labute approximate surface area is 123 Å². The topological polar surface area (TPSA) is 43.1 Å². The Hall–Kier alpha value is -2.16. The Balaban J connectivity index is 1.94. The number of nitrogens with zero attached hydrogens (tertiary/aromatic N) is 1. The van der Waals surface area contributed by atoms with Crippen molar-refractivity contribution in [2.75, 3.05) is 0 Å². The summed E-state index contributed by atoms with van der Waals surface area (Å²) in [6.45, 7) is 0. The van der Waals surface area contributed by atoms with Gasteiger partial charge in [-0.15, -0.1) is 0 Å². The molecule has 4 rings (SSSR count). The van der Waals surface area contributed by atoms with Crippen LogP contribution in [0.1, 0.15) is 35.1 Å². The second-order valence-electron chi connectivity index (χ2n) is 6.00. The van der Waals surface area contributed by atoms with E-state index in [2.05, 4.69) is 12.1 Å². The van der Waals surface area contributed by atoms with Crippen molar-refractivity contribution in [1.82, 2.24) is 0 Å². The molecular formula is C18H17NO2. The highest BCUT2D eigenvalue weighted by molar-refractivity contribution is 5.78. The highest BCUT2D eigenvalue weighted by Crippen LogP contribution is 2.41. The fourth-order valence-electron chi connectivity index (χ4n) is 3.95. The maximum absolute atomic E-state index is 11.2. The average molecular weight is 279 g/mol. The van der Waals surface area contributed by atoms with Crippen LogP contribution in [0.25, 0.3) is 11.1 Å². The van der Waals surface area contributed by atoms with E-state index in [4.69, 9.17) is 0 Å². The van der Waals surface area contributed by atoms with Gasteiger partial charge in [0, 0.05) is 11.6 Å². The third-order valence-corrected chi connectivity index (χ3v) is 4.91. The number of benzene rings is 2. The van der Waals surface area contributed by atoms with E-state index in [1.54, 1.807) is 6.07 Å². The molecule has 0 aromatic heterocycles. The van der Waals surface area contributed by atoms with E-state index in [0.29, 0.717) is 0 Å². The third kappa shape index (κ3) is 1.88. The fourth-order valence-corrected chi connectivity index (χ4v) is 3.95. The zero-order valence-corrected chi connectivity index (χ0v) is 11.9. The van der Waals surface area contributed by atoms with Gasteiger partial charge < -0.3 is 0 Å². The molecule has 0 radical (unpaired) electrons. The molecule has 2 aliphatic carbocycles. The van der Waals surface area contributed by atoms with Crippen molar-refractivity contribution in [3.8, 4) is 11.1 Å². The number of hydrogen-bond acceptors (Lipinski definition) is 2. The highest BCUT2D eigenvalue weighted by atomic mass is 16.6. The van der Waals surface area contributed by atoms with E-state index >= 15 is 0 Å². The van der Waals surface area contributed by atoms with E-state index in [0.717, 1.165) is 24.0 Å². The van der Waals surface area contributed by atoms with Gasteiger partial charge in [0.15, 0.2) is 0 Å². The van der Waals surface area contributed by atoms with Gasteiger partial charge >= 0.3 is 0 Å². The summed E-state index contributed by atoms with van der Waals surface area (Å²) in [5.74, 6) is 0. The van der Waals surface area contributed by atoms with E-state index in [9.17, 15) is 10.1 Å². The average Bonchev–Trinajstić information content (AvgIpc) is 2.53. The SMILES string of the molecule is O=[N+]([O-])c1cccc2c1CCc1c-2ccc2c1CCCC2. The van der Waals surface area contributed by atoms with Crippen molar-refractivity contribution < 1.29 is 4.92 Å². The predicted octanol–water partition coefficient (Wildman–Crippen LogP) is 4.24. The molecule has 2 aromatic rings. The van der Waals surface area contributed by atoms with Gasteiger partial charge in [-0.1, -0.05) is 24.3 Å². The van der Waals surface area contributed by atoms with Crippen LogP contribution in [0.2, 0.25) is 0 Å². The molecule has 3 nitrogen and oxygen atoms in total. The first kappa shape index (κ1) is 12.6. The second-order valence-corrected chi connectivity index (χ2v) is 6.00. The lowest BCUT2D eigenvalue weighted by Crippen LogP contribution is -2.13. The minimum Gasteiger partial charge on any atom is -0.258 e. The number of hydrogen-bond donors (Lipinski definition) is 0. The Kier molecular flexibility index (Phi) is 2.81. The number of nitro groups is 1. The van der Waals surface area contributed by atoms with Gasteiger partial charge in [0.05, 0.1) is 4.92 Å². The molecule has 0 N–H and O–H groups in total. The van der Waals surface area contributed by atoms with Gasteiger partial charge in [0.1, 0.15) is 0 Å². The number of rotatable bonds is 1. The zero-order chi connectivity index (χ0) is 14.4. The molecule has 0 fully saturated rings. The van der Waals surface area contributed by atoms with Gasteiger partial charge in [-0.25, -0.2) is 0 Å². The quantitative estimate of drug-likeness (QED) is 0.579. The molecule has 21 heavy (non-hydrogen) atoms.